The van der Waals surface area contributed by atoms with Crippen LogP contribution in [0.1, 0.15) is 0 Å². The molecule has 0 N–H and O–H groups in total. The molecule has 4 heteroatoms. The van der Waals surface area contributed by atoms with Gasteiger partial charge in [0.25, 0.3) is 0 Å². The third-order valence-electron chi connectivity index (χ3n) is 1.35. The molecule has 2 rings (SSSR count). The monoisotopic (exact) mass is 187 g/mol. The molecule has 0 saturated carbocycles. The SMILES string of the molecule is Fc1cc(Cl)c2ncsc2c1. The third kappa shape index (κ3) is 1.10. The van der Waals surface area contributed by atoms with Crippen LogP contribution in [0.4, 0.5) is 4.39 Å². The quantitative estimate of drug-likeness (QED) is 0.618. The van der Waals surface area contributed by atoms with Crippen LogP contribution in [0.25, 0.3) is 10.2 Å². The second-order valence-corrected chi connectivity index (χ2v) is 3.38. The fraction of sp³-hybridized carbons (Fsp3) is 0. The average Bonchev–Trinajstić information content (AvgIpc) is 2.34. The minimum absolute atomic E-state index is 0.313. The van der Waals surface area contributed by atoms with Crippen molar-refractivity contribution in [2.45, 2.75) is 0 Å². The summed E-state index contributed by atoms with van der Waals surface area (Å²) >= 11 is 7.09. The van der Waals surface area contributed by atoms with Gasteiger partial charge in [-0.15, -0.1) is 11.3 Å². The Kier molecular flexibility index (Phi) is 1.55. The first-order valence-electron chi connectivity index (χ1n) is 2.95. The summed E-state index contributed by atoms with van der Waals surface area (Å²) in [5, 5.41) is 0.376. The first kappa shape index (κ1) is 7.00. The van der Waals surface area contributed by atoms with Gasteiger partial charge in [-0.2, -0.15) is 0 Å². The second-order valence-electron chi connectivity index (χ2n) is 2.09. The molecule has 11 heavy (non-hydrogen) atoms. The Hall–Kier alpha value is -0.670. The van der Waals surface area contributed by atoms with E-state index in [1.165, 1.54) is 23.5 Å². The van der Waals surface area contributed by atoms with Crippen molar-refractivity contribution in [2.75, 3.05) is 0 Å². The summed E-state index contributed by atoms with van der Waals surface area (Å²) in [4.78, 5) is 3.98. The Morgan fingerprint density at radius 1 is 1.45 bits per heavy atom. The van der Waals surface area contributed by atoms with Crippen LogP contribution in [0.2, 0.25) is 5.02 Å². The Bertz CT molecular complexity index is 398. The molecule has 0 radical (unpaired) electrons. The van der Waals surface area contributed by atoms with Crippen LogP contribution in [0.5, 0.6) is 0 Å². The van der Waals surface area contributed by atoms with E-state index in [0.29, 0.717) is 10.5 Å². The van der Waals surface area contributed by atoms with E-state index in [9.17, 15) is 4.39 Å². The molecule has 2 aromatic rings. The number of thiazole rings is 1. The summed E-state index contributed by atoms with van der Waals surface area (Å²) in [7, 11) is 0. The van der Waals surface area contributed by atoms with Crippen molar-refractivity contribution in [3.8, 4) is 0 Å². The molecule has 0 aliphatic heterocycles. The summed E-state index contributed by atoms with van der Waals surface area (Å²) in [6.45, 7) is 0. The number of halogens is 2. The van der Waals surface area contributed by atoms with Crippen molar-refractivity contribution >= 4 is 33.2 Å². The van der Waals surface area contributed by atoms with Crippen molar-refractivity contribution in [3.63, 3.8) is 0 Å². The molecule has 1 nitrogen and oxygen atoms in total. The summed E-state index contributed by atoms with van der Waals surface area (Å²) in [5.74, 6) is -0.313. The van der Waals surface area contributed by atoms with Gasteiger partial charge in [-0.25, -0.2) is 9.37 Å². The maximum absolute atomic E-state index is 12.7. The van der Waals surface area contributed by atoms with Crippen molar-refractivity contribution in [1.29, 1.82) is 0 Å². The highest BCUT2D eigenvalue weighted by Gasteiger charge is 2.03. The van der Waals surface area contributed by atoms with E-state index < -0.39 is 0 Å². The maximum Gasteiger partial charge on any atom is 0.126 e. The number of nitrogens with zero attached hydrogens (tertiary/aromatic N) is 1. The lowest BCUT2D eigenvalue weighted by molar-refractivity contribution is 0.630. The highest BCUT2D eigenvalue weighted by atomic mass is 35.5. The lowest BCUT2D eigenvalue weighted by Crippen LogP contribution is -1.74. The molecule has 0 spiro atoms. The van der Waals surface area contributed by atoms with Gasteiger partial charge in [0, 0.05) is 0 Å². The highest BCUT2D eigenvalue weighted by molar-refractivity contribution is 7.16. The summed E-state index contributed by atoms with van der Waals surface area (Å²) in [6, 6.07) is 2.70. The number of rotatable bonds is 0. The first-order chi connectivity index (χ1) is 5.27. The predicted molar refractivity (Wildman–Crippen MR) is 44.6 cm³/mol. The number of hydrogen-bond donors (Lipinski definition) is 0. The van der Waals surface area contributed by atoms with Crippen molar-refractivity contribution in [2.24, 2.45) is 0 Å². The lowest BCUT2D eigenvalue weighted by atomic mass is 10.3. The van der Waals surface area contributed by atoms with Gasteiger partial charge < -0.3 is 0 Å². The molecule has 1 aromatic carbocycles. The molecule has 0 amide bonds. The van der Waals surface area contributed by atoms with Gasteiger partial charge >= 0.3 is 0 Å². The average molecular weight is 188 g/mol. The zero-order chi connectivity index (χ0) is 7.84. The predicted octanol–water partition coefficient (Wildman–Crippen LogP) is 3.09. The topological polar surface area (TPSA) is 12.9 Å². The summed E-state index contributed by atoms with van der Waals surface area (Å²) < 4.78 is 13.5. The van der Waals surface area contributed by atoms with Crippen LogP contribution in [0.3, 0.4) is 0 Å². The normalized spacial score (nSPS) is 10.7. The number of benzene rings is 1. The van der Waals surface area contributed by atoms with E-state index in [1.54, 1.807) is 5.51 Å². The van der Waals surface area contributed by atoms with Crippen molar-refractivity contribution in [1.82, 2.24) is 4.98 Å². The maximum atomic E-state index is 12.7. The molecule has 56 valence electrons. The molecule has 0 aliphatic rings. The molecule has 1 aromatic heterocycles. The second kappa shape index (κ2) is 2.43. The molecule has 0 bridgehead atoms. The van der Waals surface area contributed by atoms with Gasteiger partial charge in [-0.05, 0) is 12.1 Å². The van der Waals surface area contributed by atoms with Gasteiger partial charge in [0.15, 0.2) is 0 Å². The van der Waals surface area contributed by atoms with Crippen LogP contribution in [0, 0.1) is 5.82 Å². The zero-order valence-corrected chi connectivity index (χ0v) is 6.92. The summed E-state index contributed by atoms with van der Waals surface area (Å²) in [5.41, 5.74) is 2.33. The summed E-state index contributed by atoms with van der Waals surface area (Å²) in [6.07, 6.45) is 0. The van der Waals surface area contributed by atoms with Crippen LogP contribution in [0.15, 0.2) is 17.6 Å². The number of aromatic nitrogens is 1. The number of hydrogen-bond acceptors (Lipinski definition) is 2. The van der Waals surface area contributed by atoms with Crippen LogP contribution < -0.4 is 0 Å². The molecule has 0 fully saturated rings. The molecule has 0 unspecified atom stereocenters. The van der Waals surface area contributed by atoms with E-state index in [2.05, 4.69) is 4.98 Å². The molecule has 0 atom stereocenters. The molecular formula is C7H3ClFNS. The Morgan fingerprint density at radius 3 is 3.09 bits per heavy atom. The van der Waals surface area contributed by atoms with E-state index >= 15 is 0 Å². The van der Waals surface area contributed by atoms with Crippen molar-refractivity contribution < 1.29 is 4.39 Å². The highest BCUT2D eigenvalue weighted by Crippen LogP contribution is 2.26. The standard InChI is InChI=1S/C7H3ClFNS/c8-5-1-4(9)2-6-7(5)10-3-11-6/h1-3H. The molecule has 1 heterocycles. The van der Waals surface area contributed by atoms with E-state index in [4.69, 9.17) is 11.6 Å². The smallest absolute Gasteiger partial charge is 0.126 e. The minimum atomic E-state index is -0.313. The first-order valence-corrected chi connectivity index (χ1v) is 4.21. The van der Waals surface area contributed by atoms with Crippen LogP contribution in [-0.2, 0) is 0 Å². The zero-order valence-electron chi connectivity index (χ0n) is 5.34. The molecular weight excluding hydrogens is 185 g/mol. The Morgan fingerprint density at radius 2 is 2.27 bits per heavy atom. The van der Waals surface area contributed by atoms with Gasteiger partial charge in [0.2, 0.25) is 0 Å². The Labute approximate surface area is 71.4 Å². The van der Waals surface area contributed by atoms with Gasteiger partial charge in [-0.1, -0.05) is 11.6 Å². The molecule has 0 saturated heterocycles. The van der Waals surface area contributed by atoms with Crippen LogP contribution in [-0.4, -0.2) is 4.98 Å². The molecule has 0 aliphatic carbocycles. The lowest BCUT2D eigenvalue weighted by Gasteiger charge is -1.91. The van der Waals surface area contributed by atoms with E-state index in [-0.39, 0.29) is 5.82 Å². The fourth-order valence-electron chi connectivity index (χ4n) is 0.893. The van der Waals surface area contributed by atoms with Crippen molar-refractivity contribution in [3.05, 3.63) is 28.5 Å². The van der Waals surface area contributed by atoms with E-state index in [1.807, 2.05) is 0 Å². The third-order valence-corrected chi connectivity index (χ3v) is 2.42. The largest absolute Gasteiger partial charge is 0.243 e. The fourth-order valence-corrected chi connectivity index (χ4v) is 1.93. The minimum Gasteiger partial charge on any atom is -0.243 e. The van der Waals surface area contributed by atoms with Gasteiger partial charge in [0.05, 0.1) is 20.7 Å². The Balaban J connectivity index is 2.91. The van der Waals surface area contributed by atoms with Gasteiger partial charge in [0.1, 0.15) is 5.82 Å². The van der Waals surface area contributed by atoms with Gasteiger partial charge in [-0.3, -0.25) is 0 Å². The van der Waals surface area contributed by atoms with Crippen LogP contribution >= 0.6 is 22.9 Å². The number of fused-ring (bicyclic) bond motifs is 1. The van der Waals surface area contributed by atoms with E-state index in [0.717, 1.165) is 4.70 Å².